The van der Waals surface area contributed by atoms with Gasteiger partial charge in [0.2, 0.25) is 0 Å². The third kappa shape index (κ3) is 5.30. The summed E-state index contributed by atoms with van der Waals surface area (Å²) < 4.78 is 12.5. The highest BCUT2D eigenvalue weighted by molar-refractivity contribution is 7.99. The molecule has 0 saturated heterocycles. The van der Waals surface area contributed by atoms with E-state index >= 15 is 0 Å². The van der Waals surface area contributed by atoms with Crippen LogP contribution in [-0.4, -0.2) is 33.6 Å². The number of esters is 1. The highest BCUT2D eigenvalue weighted by Crippen LogP contribution is 2.30. The van der Waals surface area contributed by atoms with Crippen molar-refractivity contribution in [1.29, 1.82) is 0 Å². The summed E-state index contributed by atoms with van der Waals surface area (Å²) in [6.45, 7) is 0.234. The molecule has 162 valence electrons. The number of ether oxygens (including phenoxy) is 2. The highest BCUT2D eigenvalue weighted by atomic mass is 35.5. The van der Waals surface area contributed by atoms with E-state index in [4.69, 9.17) is 21.1 Å². The van der Waals surface area contributed by atoms with Crippen LogP contribution in [0.3, 0.4) is 0 Å². The van der Waals surface area contributed by atoms with Gasteiger partial charge in [-0.1, -0.05) is 59.8 Å². The summed E-state index contributed by atoms with van der Waals surface area (Å²) in [6.07, 6.45) is 0. The predicted octanol–water partition coefficient (Wildman–Crippen LogP) is 5.43. The van der Waals surface area contributed by atoms with Gasteiger partial charge >= 0.3 is 5.97 Å². The summed E-state index contributed by atoms with van der Waals surface area (Å²) in [4.78, 5) is 12.3. The molecule has 0 bridgehead atoms. The fourth-order valence-electron chi connectivity index (χ4n) is 3.04. The smallest absolute Gasteiger partial charge is 0.316 e. The van der Waals surface area contributed by atoms with Crippen LogP contribution in [0.4, 0.5) is 0 Å². The molecule has 3 aromatic carbocycles. The number of methoxy groups -OCH3 is 1. The quantitative estimate of drug-likeness (QED) is 0.255. The van der Waals surface area contributed by atoms with E-state index in [1.54, 1.807) is 13.2 Å². The van der Waals surface area contributed by atoms with Crippen LogP contribution in [0.15, 0.2) is 84.0 Å². The molecule has 6 nitrogen and oxygen atoms in total. The van der Waals surface area contributed by atoms with Gasteiger partial charge in [-0.15, -0.1) is 10.2 Å². The van der Waals surface area contributed by atoms with Crippen molar-refractivity contribution >= 4 is 29.3 Å². The molecule has 0 spiro atoms. The van der Waals surface area contributed by atoms with E-state index in [9.17, 15) is 4.79 Å². The van der Waals surface area contributed by atoms with Crippen molar-refractivity contribution in [2.75, 3.05) is 12.9 Å². The summed E-state index contributed by atoms with van der Waals surface area (Å²) >= 11 is 7.49. The Morgan fingerprint density at radius 2 is 1.78 bits per heavy atom. The van der Waals surface area contributed by atoms with Crippen molar-refractivity contribution in [2.24, 2.45) is 0 Å². The van der Waals surface area contributed by atoms with Crippen LogP contribution >= 0.6 is 23.4 Å². The fourth-order valence-corrected chi connectivity index (χ4v) is 3.98. The van der Waals surface area contributed by atoms with Crippen molar-refractivity contribution in [1.82, 2.24) is 14.8 Å². The first-order valence-electron chi connectivity index (χ1n) is 9.82. The molecular weight excluding hydrogens is 446 g/mol. The Morgan fingerprint density at radius 3 is 2.50 bits per heavy atom. The zero-order valence-electron chi connectivity index (χ0n) is 17.3. The number of benzene rings is 3. The summed E-state index contributed by atoms with van der Waals surface area (Å²) in [5.41, 5.74) is 2.60. The van der Waals surface area contributed by atoms with Gasteiger partial charge in [0.1, 0.15) is 12.4 Å². The van der Waals surface area contributed by atoms with Gasteiger partial charge in [-0.25, -0.2) is 0 Å². The molecule has 0 saturated carbocycles. The maximum atomic E-state index is 12.3. The minimum atomic E-state index is -0.328. The molecule has 0 N–H and O–H groups in total. The van der Waals surface area contributed by atoms with Gasteiger partial charge in [-0.2, -0.15) is 0 Å². The Hall–Kier alpha value is -3.29. The average Bonchev–Trinajstić information content (AvgIpc) is 3.26. The lowest BCUT2D eigenvalue weighted by Gasteiger charge is -2.11. The summed E-state index contributed by atoms with van der Waals surface area (Å²) in [5.74, 6) is 1.16. The second-order valence-corrected chi connectivity index (χ2v) is 8.16. The van der Waals surface area contributed by atoms with E-state index < -0.39 is 0 Å². The molecular formula is C24H20ClN3O3S. The standard InChI is InChI=1S/C24H20ClN3O3S/c1-30-21-12-10-18(11-13-21)23-26-27-24(28(23)20-9-5-8-19(25)14-20)32-16-22(29)31-15-17-6-3-2-4-7-17/h2-14H,15-16H2,1H3. The Balaban J connectivity index is 1.56. The molecule has 8 heteroatoms. The fraction of sp³-hybridized carbons (Fsp3) is 0.125. The largest absolute Gasteiger partial charge is 0.497 e. The van der Waals surface area contributed by atoms with Crippen molar-refractivity contribution in [3.8, 4) is 22.8 Å². The lowest BCUT2D eigenvalue weighted by atomic mass is 10.2. The number of aromatic nitrogens is 3. The van der Waals surface area contributed by atoms with Crippen LogP contribution < -0.4 is 4.74 Å². The topological polar surface area (TPSA) is 66.2 Å². The van der Waals surface area contributed by atoms with Crippen molar-refractivity contribution in [3.05, 3.63) is 89.4 Å². The summed E-state index contributed by atoms with van der Waals surface area (Å²) in [7, 11) is 1.62. The number of carbonyl (C=O) groups excluding carboxylic acids is 1. The Morgan fingerprint density at radius 1 is 1.00 bits per heavy atom. The monoisotopic (exact) mass is 465 g/mol. The maximum Gasteiger partial charge on any atom is 0.316 e. The lowest BCUT2D eigenvalue weighted by Crippen LogP contribution is -2.08. The second kappa shape index (κ2) is 10.3. The van der Waals surface area contributed by atoms with E-state index in [0.29, 0.717) is 16.0 Å². The lowest BCUT2D eigenvalue weighted by molar-refractivity contribution is -0.141. The Kier molecular flexibility index (Phi) is 7.09. The number of rotatable bonds is 8. The zero-order chi connectivity index (χ0) is 22.3. The van der Waals surface area contributed by atoms with E-state index in [-0.39, 0.29) is 18.3 Å². The molecule has 0 aliphatic heterocycles. The summed E-state index contributed by atoms with van der Waals surface area (Å²) in [5, 5.41) is 9.86. The number of nitrogens with zero attached hydrogens (tertiary/aromatic N) is 3. The number of halogens is 1. The number of carbonyl (C=O) groups is 1. The minimum Gasteiger partial charge on any atom is -0.497 e. The summed E-state index contributed by atoms with van der Waals surface area (Å²) in [6, 6.07) is 24.5. The number of thioether (sulfide) groups is 1. The van der Waals surface area contributed by atoms with Crippen LogP contribution in [0.2, 0.25) is 5.02 Å². The van der Waals surface area contributed by atoms with E-state index in [1.165, 1.54) is 11.8 Å². The third-order valence-corrected chi connectivity index (χ3v) is 5.75. The zero-order valence-corrected chi connectivity index (χ0v) is 18.8. The molecule has 0 fully saturated rings. The Bertz CT molecular complexity index is 1200. The molecule has 0 amide bonds. The second-order valence-electron chi connectivity index (χ2n) is 6.78. The van der Waals surface area contributed by atoms with Gasteiger partial charge < -0.3 is 9.47 Å². The highest BCUT2D eigenvalue weighted by Gasteiger charge is 2.18. The van der Waals surface area contributed by atoms with Gasteiger partial charge in [-0.05, 0) is 48.0 Å². The Labute approximate surface area is 195 Å². The van der Waals surface area contributed by atoms with Crippen LogP contribution in [0.25, 0.3) is 17.1 Å². The van der Waals surface area contributed by atoms with Crippen molar-refractivity contribution < 1.29 is 14.3 Å². The first-order chi connectivity index (χ1) is 15.6. The first-order valence-corrected chi connectivity index (χ1v) is 11.2. The molecule has 1 aromatic heterocycles. The molecule has 0 aliphatic rings. The van der Waals surface area contributed by atoms with Crippen LogP contribution in [0.5, 0.6) is 5.75 Å². The van der Waals surface area contributed by atoms with Gasteiger partial charge in [0, 0.05) is 10.6 Å². The first kappa shape index (κ1) is 21.9. The van der Waals surface area contributed by atoms with E-state index in [1.807, 2.05) is 77.4 Å². The third-order valence-electron chi connectivity index (χ3n) is 4.61. The normalized spacial score (nSPS) is 10.7. The molecule has 4 aromatic rings. The molecule has 4 rings (SSSR count). The molecule has 0 radical (unpaired) electrons. The average molecular weight is 466 g/mol. The molecule has 0 unspecified atom stereocenters. The van der Waals surface area contributed by atoms with Crippen molar-refractivity contribution in [3.63, 3.8) is 0 Å². The number of hydrogen-bond donors (Lipinski definition) is 0. The SMILES string of the molecule is COc1ccc(-c2nnc(SCC(=O)OCc3ccccc3)n2-c2cccc(Cl)c2)cc1. The molecule has 0 aliphatic carbocycles. The van der Waals surface area contributed by atoms with Crippen LogP contribution in [0.1, 0.15) is 5.56 Å². The van der Waals surface area contributed by atoms with Gasteiger partial charge in [0.15, 0.2) is 11.0 Å². The van der Waals surface area contributed by atoms with E-state index in [2.05, 4.69) is 10.2 Å². The predicted molar refractivity (Wildman–Crippen MR) is 125 cm³/mol. The molecule has 32 heavy (non-hydrogen) atoms. The minimum absolute atomic E-state index is 0.105. The maximum absolute atomic E-state index is 12.3. The van der Waals surface area contributed by atoms with Gasteiger partial charge in [0.05, 0.1) is 18.6 Å². The molecule has 0 atom stereocenters. The van der Waals surface area contributed by atoms with Crippen molar-refractivity contribution in [2.45, 2.75) is 11.8 Å². The molecule has 1 heterocycles. The number of hydrogen-bond acceptors (Lipinski definition) is 6. The van der Waals surface area contributed by atoms with E-state index in [0.717, 1.165) is 22.6 Å². The van der Waals surface area contributed by atoms with Crippen LogP contribution in [0, 0.1) is 0 Å². The van der Waals surface area contributed by atoms with Gasteiger partial charge in [-0.3, -0.25) is 9.36 Å². The van der Waals surface area contributed by atoms with Gasteiger partial charge in [0.25, 0.3) is 0 Å². The van der Waals surface area contributed by atoms with Crippen LogP contribution in [-0.2, 0) is 16.1 Å².